The Morgan fingerprint density at radius 3 is 2.23 bits per heavy atom. The summed E-state index contributed by atoms with van der Waals surface area (Å²) >= 11 is 0. The van der Waals surface area contributed by atoms with Crippen molar-refractivity contribution in [3.63, 3.8) is 0 Å². The van der Waals surface area contributed by atoms with E-state index >= 15 is 0 Å². The van der Waals surface area contributed by atoms with Gasteiger partial charge in [0, 0.05) is 24.2 Å². The number of hydrogen-bond donors (Lipinski definition) is 4. The monoisotopic (exact) mass is 558 g/mol. The van der Waals surface area contributed by atoms with Crippen LogP contribution in [0.3, 0.4) is 0 Å². The molecule has 2 saturated carbocycles. The molecular weight excluding hydrogens is 516 g/mol. The summed E-state index contributed by atoms with van der Waals surface area (Å²) in [5.41, 5.74) is -5.96. The van der Waals surface area contributed by atoms with Crippen molar-refractivity contribution in [3.8, 4) is 0 Å². The molecule has 4 rings (SSSR count). The Kier molecular flexibility index (Phi) is 7.63. The second kappa shape index (κ2) is 10.0. The van der Waals surface area contributed by atoms with E-state index in [0.29, 0.717) is 5.57 Å². The van der Waals surface area contributed by atoms with Crippen LogP contribution < -0.4 is 0 Å². The van der Waals surface area contributed by atoms with Gasteiger partial charge < -0.3 is 29.9 Å². The lowest BCUT2D eigenvalue weighted by atomic mass is 9.43. The molecule has 4 N–H and O–H groups in total. The van der Waals surface area contributed by atoms with Crippen LogP contribution in [0.5, 0.6) is 0 Å². The molecule has 0 saturated heterocycles. The highest BCUT2D eigenvalue weighted by Crippen LogP contribution is 2.63. The molecule has 1 aromatic rings. The van der Waals surface area contributed by atoms with Crippen LogP contribution in [0.4, 0.5) is 0 Å². The molecule has 40 heavy (non-hydrogen) atoms. The molecule has 0 spiro atoms. The average Bonchev–Trinajstić information content (AvgIpc) is 2.89. The molecule has 0 aromatic heterocycles. The highest BCUT2D eigenvalue weighted by molar-refractivity contribution is 5.93. The number of ketones is 1. The van der Waals surface area contributed by atoms with Crippen LogP contribution in [-0.4, -0.2) is 73.8 Å². The van der Waals surface area contributed by atoms with E-state index in [0.717, 1.165) is 0 Å². The molecular formula is C31H42O9. The van der Waals surface area contributed by atoms with Crippen molar-refractivity contribution in [2.24, 2.45) is 22.7 Å². The maximum atomic E-state index is 14.5. The number of ether oxygens (including phenoxy) is 2. The maximum Gasteiger partial charge on any atom is 0.338 e. The summed E-state index contributed by atoms with van der Waals surface area (Å²) < 4.78 is 12.1. The second-order valence-electron chi connectivity index (χ2n) is 12.6. The molecule has 0 aliphatic heterocycles. The average molecular weight is 559 g/mol. The van der Waals surface area contributed by atoms with E-state index < -0.39 is 76.0 Å². The highest BCUT2D eigenvalue weighted by Gasteiger charge is 2.74. The number of Topliss-reactive ketones (excluding diaryl/α,β-unsaturated/α-hetero) is 1. The molecule has 9 atom stereocenters. The van der Waals surface area contributed by atoms with Crippen molar-refractivity contribution >= 4 is 17.7 Å². The fourth-order valence-electron chi connectivity index (χ4n) is 7.96. The Hall–Kier alpha value is -2.59. The minimum atomic E-state index is -2.04. The topological polar surface area (TPSA) is 151 Å². The summed E-state index contributed by atoms with van der Waals surface area (Å²) in [5, 5.41) is 47.2. The van der Waals surface area contributed by atoms with Gasteiger partial charge >= 0.3 is 11.9 Å². The molecule has 2 bridgehead atoms. The summed E-state index contributed by atoms with van der Waals surface area (Å²) in [7, 11) is 0. The minimum Gasteiger partial charge on any atom is -0.456 e. The Morgan fingerprint density at radius 1 is 1.07 bits per heavy atom. The number of hydrogen-bond acceptors (Lipinski definition) is 9. The van der Waals surface area contributed by atoms with E-state index in [9.17, 15) is 34.8 Å². The number of benzene rings is 1. The fraction of sp³-hybridized carbons (Fsp3) is 0.645. The van der Waals surface area contributed by atoms with Gasteiger partial charge in [-0.2, -0.15) is 0 Å². The molecule has 0 radical (unpaired) electrons. The van der Waals surface area contributed by atoms with E-state index in [1.54, 1.807) is 71.9 Å². The summed E-state index contributed by atoms with van der Waals surface area (Å²) in [5.74, 6) is -3.96. The maximum absolute atomic E-state index is 14.5. The number of fused-ring (bicyclic) bond motifs is 3. The summed E-state index contributed by atoms with van der Waals surface area (Å²) in [6, 6.07) is 8.16. The van der Waals surface area contributed by atoms with Gasteiger partial charge in [0.05, 0.1) is 23.7 Å². The Bertz CT molecular complexity index is 1220. The van der Waals surface area contributed by atoms with Crippen molar-refractivity contribution < 1.29 is 44.3 Å². The van der Waals surface area contributed by atoms with Crippen LogP contribution >= 0.6 is 0 Å². The first-order valence-electron chi connectivity index (χ1n) is 14.0. The first-order chi connectivity index (χ1) is 18.5. The number of esters is 2. The molecule has 0 amide bonds. The van der Waals surface area contributed by atoms with Gasteiger partial charge in [-0.25, -0.2) is 4.79 Å². The first kappa shape index (κ1) is 30.4. The van der Waals surface area contributed by atoms with E-state index in [1.165, 1.54) is 6.92 Å². The molecule has 2 fully saturated rings. The highest BCUT2D eigenvalue weighted by atomic mass is 16.6. The normalized spacial score (nSPS) is 40.9. The van der Waals surface area contributed by atoms with Crippen molar-refractivity contribution in [1.82, 2.24) is 0 Å². The Labute approximate surface area is 235 Å². The lowest BCUT2D eigenvalue weighted by Crippen LogP contribution is -2.76. The summed E-state index contributed by atoms with van der Waals surface area (Å²) in [4.78, 5) is 40.7. The van der Waals surface area contributed by atoms with Gasteiger partial charge in [0.2, 0.25) is 0 Å². The molecule has 9 nitrogen and oxygen atoms in total. The van der Waals surface area contributed by atoms with E-state index in [4.69, 9.17) is 9.47 Å². The molecule has 1 aromatic carbocycles. The standard InChI is InChI=1S/C31H42O9/c1-8-30(40-18(4)32)21(34)14-16(2)29(7)24(30)26(39-27(37)19-12-10-9-11-13-19)31(38)15-20(33)17(3)22(28(31,5)6)23(35)25(29)36/h9-13,16,20-21,23-24,26,33-35,38H,8,14-15H2,1-7H3/t16-,20-,21+,23+,24-,26-,29+,30-,31+/m0/s1. The third-order valence-electron chi connectivity index (χ3n) is 10.5. The Morgan fingerprint density at radius 2 is 1.68 bits per heavy atom. The number of carbonyl (C=O) groups excluding carboxylic acids is 3. The van der Waals surface area contributed by atoms with Gasteiger partial charge in [-0.15, -0.1) is 0 Å². The first-order valence-corrected chi connectivity index (χ1v) is 14.0. The van der Waals surface area contributed by atoms with Crippen LogP contribution in [0, 0.1) is 22.7 Å². The minimum absolute atomic E-state index is 0.0320. The van der Waals surface area contributed by atoms with Gasteiger partial charge in [-0.3, -0.25) is 9.59 Å². The van der Waals surface area contributed by atoms with Gasteiger partial charge in [0.1, 0.15) is 23.4 Å². The van der Waals surface area contributed by atoms with Crippen LogP contribution in [0.25, 0.3) is 0 Å². The zero-order valence-corrected chi connectivity index (χ0v) is 24.3. The fourth-order valence-corrected chi connectivity index (χ4v) is 7.96. The van der Waals surface area contributed by atoms with Gasteiger partial charge in [-0.05, 0) is 49.0 Å². The van der Waals surface area contributed by atoms with Gasteiger partial charge in [0.25, 0.3) is 0 Å². The lowest BCUT2D eigenvalue weighted by molar-refractivity contribution is -0.276. The van der Waals surface area contributed by atoms with E-state index in [1.807, 2.05) is 0 Å². The molecule has 3 aliphatic carbocycles. The number of aliphatic hydroxyl groups is 4. The molecule has 0 heterocycles. The van der Waals surface area contributed by atoms with Crippen molar-refractivity contribution in [1.29, 1.82) is 0 Å². The molecule has 3 aliphatic rings. The number of aliphatic hydroxyl groups excluding tert-OH is 3. The third kappa shape index (κ3) is 4.08. The molecule has 220 valence electrons. The van der Waals surface area contributed by atoms with Gasteiger partial charge in [0.15, 0.2) is 5.78 Å². The predicted molar refractivity (Wildman–Crippen MR) is 145 cm³/mol. The smallest absolute Gasteiger partial charge is 0.338 e. The third-order valence-corrected chi connectivity index (χ3v) is 10.5. The van der Waals surface area contributed by atoms with Crippen LogP contribution in [0.15, 0.2) is 41.5 Å². The second-order valence-corrected chi connectivity index (χ2v) is 12.6. The van der Waals surface area contributed by atoms with Crippen LogP contribution in [0.1, 0.15) is 78.1 Å². The summed E-state index contributed by atoms with van der Waals surface area (Å²) in [6.45, 7) is 11.2. The van der Waals surface area contributed by atoms with Crippen molar-refractivity contribution in [2.45, 2.75) is 103 Å². The predicted octanol–water partition coefficient (Wildman–Crippen LogP) is 2.73. The quantitative estimate of drug-likeness (QED) is 0.323. The lowest BCUT2D eigenvalue weighted by Gasteiger charge is -2.65. The van der Waals surface area contributed by atoms with Crippen molar-refractivity contribution in [2.75, 3.05) is 0 Å². The molecule has 0 unspecified atom stereocenters. The zero-order valence-electron chi connectivity index (χ0n) is 24.3. The van der Waals surface area contributed by atoms with E-state index in [-0.39, 0.29) is 30.4 Å². The van der Waals surface area contributed by atoms with Crippen molar-refractivity contribution in [3.05, 3.63) is 47.0 Å². The van der Waals surface area contributed by atoms with Gasteiger partial charge in [-0.1, -0.05) is 52.8 Å². The van der Waals surface area contributed by atoms with Crippen LogP contribution in [-0.2, 0) is 19.1 Å². The number of carbonyl (C=O) groups is 3. The molecule has 9 heteroatoms. The zero-order chi connectivity index (χ0) is 30.0. The Balaban J connectivity index is 2.11. The summed E-state index contributed by atoms with van der Waals surface area (Å²) in [6.07, 6.45) is -5.94. The van der Waals surface area contributed by atoms with E-state index in [2.05, 4.69) is 0 Å². The van der Waals surface area contributed by atoms with Crippen LogP contribution in [0.2, 0.25) is 0 Å². The largest absolute Gasteiger partial charge is 0.456 e. The number of rotatable bonds is 4. The SMILES string of the molecule is CC[C@]1(OC(C)=O)[C@H](O)C[C@H](C)[C@@]2(C)C(=O)[C@H](O)C3=C(C)[C@@H](O)C[C@@](O)([C@@H](OC(=O)c4ccccc4)[C@H]12)C3(C)C.